The SMILES string of the molecule is O=CC1CN(c2ccc(CCc3cn[nH]c3)cc2O)S(=O)(=O)N1. The van der Waals surface area contributed by atoms with Crippen LogP contribution in [0.5, 0.6) is 5.75 Å². The number of hydrogen-bond donors (Lipinski definition) is 3. The van der Waals surface area contributed by atoms with E-state index < -0.39 is 16.3 Å². The molecule has 1 atom stereocenters. The van der Waals surface area contributed by atoms with Gasteiger partial charge in [-0.05, 0) is 36.1 Å². The van der Waals surface area contributed by atoms with Crippen LogP contribution in [0.2, 0.25) is 0 Å². The second kappa shape index (κ2) is 6.01. The summed E-state index contributed by atoms with van der Waals surface area (Å²) < 4.78 is 27.2. The Morgan fingerprint density at radius 1 is 1.35 bits per heavy atom. The van der Waals surface area contributed by atoms with Gasteiger partial charge in [0.2, 0.25) is 0 Å². The van der Waals surface area contributed by atoms with Crippen LogP contribution in [-0.4, -0.2) is 42.6 Å². The first-order valence-electron chi connectivity index (χ1n) is 7.04. The number of aromatic hydroxyl groups is 1. The van der Waals surface area contributed by atoms with Gasteiger partial charge >= 0.3 is 10.2 Å². The van der Waals surface area contributed by atoms with Crippen molar-refractivity contribution in [2.24, 2.45) is 0 Å². The number of nitrogens with zero attached hydrogens (tertiary/aromatic N) is 2. The van der Waals surface area contributed by atoms with E-state index in [1.54, 1.807) is 30.6 Å². The third kappa shape index (κ3) is 3.20. The third-order valence-corrected chi connectivity index (χ3v) is 5.21. The fourth-order valence-electron chi connectivity index (χ4n) is 2.51. The van der Waals surface area contributed by atoms with E-state index in [0.717, 1.165) is 21.9 Å². The minimum absolute atomic E-state index is 0.0340. The van der Waals surface area contributed by atoms with Crippen LogP contribution in [0.15, 0.2) is 30.6 Å². The lowest BCUT2D eigenvalue weighted by Gasteiger charge is -2.17. The molecule has 1 unspecified atom stereocenters. The summed E-state index contributed by atoms with van der Waals surface area (Å²) in [5.41, 5.74) is 2.09. The van der Waals surface area contributed by atoms with Crippen molar-refractivity contribution in [3.05, 3.63) is 41.7 Å². The molecule has 2 aromatic rings. The number of hydrogen-bond acceptors (Lipinski definition) is 5. The minimum Gasteiger partial charge on any atom is -0.506 e. The van der Waals surface area contributed by atoms with E-state index in [1.165, 1.54) is 0 Å². The van der Waals surface area contributed by atoms with Crippen LogP contribution in [0.3, 0.4) is 0 Å². The van der Waals surface area contributed by atoms with E-state index in [4.69, 9.17) is 0 Å². The van der Waals surface area contributed by atoms with Crippen molar-refractivity contribution in [3.63, 3.8) is 0 Å². The van der Waals surface area contributed by atoms with Crippen LogP contribution >= 0.6 is 0 Å². The first kappa shape index (κ1) is 15.5. The Morgan fingerprint density at radius 2 is 2.13 bits per heavy atom. The molecular formula is C14H16N4O4S. The summed E-state index contributed by atoms with van der Waals surface area (Å²) in [4.78, 5) is 10.8. The molecule has 1 aromatic heterocycles. The highest BCUT2D eigenvalue weighted by Gasteiger charge is 2.36. The van der Waals surface area contributed by atoms with E-state index in [-0.39, 0.29) is 18.0 Å². The highest BCUT2D eigenvalue weighted by Crippen LogP contribution is 2.32. The van der Waals surface area contributed by atoms with Gasteiger partial charge in [-0.2, -0.15) is 18.2 Å². The van der Waals surface area contributed by atoms with Crippen LogP contribution in [-0.2, 0) is 27.8 Å². The highest BCUT2D eigenvalue weighted by atomic mass is 32.2. The molecule has 0 amide bonds. The number of aryl methyl sites for hydroxylation is 2. The number of phenolic OH excluding ortho intramolecular Hbond substituents is 1. The number of nitrogens with one attached hydrogen (secondary N) is 2. The molecule has 1 aliphatic heterocycles. The Kier molecular flexibility index (Phi) is 4.05. The van der Waals surface area contributed by atoms with Gasteiger partial charge in [-0.3, -0.25) is 9.40 Å². The topological polar surface area (TPSA) is 115 Å². The van der Waals surface area contributed by atoms with Gasteiger partial charge in [0.05, 0.1) is 24.5 Å². The zero-order chi connectivity index (χ0) is 16.4. The summed E-state index contributed by atoms with van der Waals surface area (Å²) in [7, 11) is -3.80. The number of rotatable bonds is 5. The lowest BCUT2D eigenvalue weighted by Crippen LogP contribution is -2.30. The van der Waals surface area contributed by atoms with Crippen molar-refractivity contribution < 1.29 is 18.3 Å². The molecule has 1 fully saturated rings. The molecule has 23 heavy (non-hydrogen) atoms. The minimum atomic E-state index is -3.80. The first-order chi connectivity index (χ1) is 11.0. The summed E-state index contributed by atoms with van der Waals surface area (Å²) in [5.74, 6) is -0.133. The van der Waals surface area contributed by atoms with Crippen LogP contribution in [0.1, 0.15) is 11.1 Å². The van der Waals surface area contributed by atoms with Gasteiger partial charge in [0, 0.05) is 6.20 Å². The summed E-state index contributed by atoms with van der Waals surface area (Å²) in [6.45, 7) is -0.0340. The zero-order valence-corrected chi connectivity index (χ0v) is 13.0. The van der Waals surface area contributed by atoms with E-state index in [0.29, 0.717) is 12.7 Å². The number of anilines is 1. The quantitative estimate of drug-likeness (QED) is 0.671. The molecule has 122 valence electrons. The maximum Gasteiger partial charge on any atom is 0.302 e. The molecular weight excluding hydrogens is 320 g/mol. The van der Waals surface area contributed by atoms with Gasteiger partial charge in [-0.15, -0.1) is 0 Å². The van der Waals surface area contributed by atoms with Gasteiger partial charge in [0.1, 0.15) is 12.0 Å². The molecule has 0 aliphatic carbocycles. The number of aromatic nitrogens is 2. The van der Waals surface area contributed by atoms with Gasteiger partial charge < -0.3 is 9.90 Å². The first-order valence-corrected chi connectivity index (χ1v) is 8.48. The maximum absolute atomic E-state index is 12.0. The molecule has 3 N–H and O–H groups in total. The molecule has 1 aliphatic rings. The number of aromatic amines is 1. The number of benzene rings is 1. The molecule has 0 saturated carbocycles. The van der Waals surface area contributed by atoms with E-state index in [2.05, 4.69) is 14.9 Å². The Bertz CT molecular complexity index is 804. The number of carbonyl (C=O) groups excluding carboxylic acids is 1. The summed E-state index contributed by atoms with van der Waals surface area (Å²) in [6, 6.07) is 4.05. The Morgan fingerprint density at radius 3 is 2.74 bits per heavy atom. The number of aldehydes is 1. The summed E-state index contributed by atoms with van der Waals surface area (Å²) in [5, 5.41) is 16.8. The molecule has 2 heterocycles. The van der Waals surface area contributed by atoms with Crippen molar-refractivity contribution in [2.45, 2.75) is 18.9 Å². The Hall–Kier alpha value is -2.39. The number of carbonyl (C=O) groups is 1. The third-order valence-electron chi connectivity index (χ3n) is 3.68. The van der Waals surface area contributed by atoms with Crippen LogP contribution < -0.4 is 9.03 Å². The van der Waals surface area contributed by atoms with Gasteiger partial charge in [-0.25, -0.2) is 0 Å². The van der Waals surface area contributed by atoms with Crippen LogP contribution in [0.4, 0.5) is 5.69 Å². The highest BCUT2D eigenvalue weighted by molar-refractivity contribution is 7.91. The smallest absolute Gasteiger partial charge is 0.302 e. The second-order valence-corrected chi connectivity index (χ2v) is 6.95. The lowest BCUT2D eigenvalue weighted by atomic mass is 10.1. The molecule has 1 aromatic carbocycles. The lowest BCUT2D eigenvalue weighted by molar-refractivity contribution is -0.108. The molecule has 8 nitrogen and oxygen atoms in total. The normalized spacial score (nSPS) is 19.8. The molecule has 0 spiro atoms. The van der Waals surface area contributed by atoms with Gasteiger partial charge in [-0.1, -0.05) is 6.07 Å². The van der Waals surface area contributed by atoms with Crippen molar-refractivity contribution >= 4 is 22.2 Å². The van der Waals surface area contributed by atoms with Crippen molar-refractivity contribution in [2.75, 3.05) is 10.8 Å². The fourth-order valence-corrected chi connectivity index (χ4v) is 3.92. The standard InChI is InChI=1S/C14H16N4O4S/c19-9-12-8-18(23(21,22)17-12)13-4-3-10(5-14(13)20)1-2-11-6-15-16-7-11/h3-7,9,12,17,20H,1-2,8H2,(H,15,16). The largest absolute Gasteiger partial charge is 0.506 e. The molecule has 1 saturated heterocycles. The summed E-state index contributed by atoms with van der Waals surface area (Å²) in [6.07, 6.45) is 5.52. The molecule has 0 bridgehead atoms. The molecule has 0 radical (unpaired) electrons. The van der Waals surface area contributed by atoms with Gasteiger partial charge in [0.25, 0.3) is 0 Å². The summed E-state index contributed by atoms with van der Waals surface area (Å²) >= 11 is 0. The van der Waals surface area contributed by atoms with Crippen LogP contribution in [0, 0.1) is 0 Å². The van der Waals surface area contributed by atoms with E-state index in [9.17, 15) is 18.3 Å². The molecule has 3 rings (SSSR count). The van der Waals surface area contributed by atoms with E-state index >= 15 is 0 Å². The Labute approximate surface area is 133 Å². The van der Waals surface area contributed by atoms with E-state index in [1.807, 2.05) is 0 Å². The predicted octanol–water partition coefficient (Wildman–Crippen LogP) is 0.122. The van der Waals surface area contributed by atoms with Crippen molar-refractivity contribution in [1.29, 1.82) is 0 Å². The van der Waals surface area contributed by atoms with Gasteiger partial charge in [0.15, 0.2) is 0 Å². The monoisotopic (exact) mass is 336 g/mol. The average Bonchev–Trinajstić information content (AvgIpc) is 3.12. The second-order valence-electron chi connectivity index (χ2n) is 5.33. The number of phenols is 1. The maximum atomic E-state index is 12.0. The zero-order valence-electron chi connectivity index (χ0n) is 12.1. The fraction of sp³-hybridized carbons (Fsp3) is 0.286. The van der Waals surface area contributed by atoms with Crippen LogP contribution in [0.25, 0.3) is 0 Å². The molecule has 9 heteroatoms. The predicted molar refractivity (Wildman–Crippen MR) is 83.4 cm³/mol. The average molecular weight is 336 g/mol. The van der Waals surface area contributed by atoms with Crippen molar-refractivity contribution in [3.8, 4) is 5.75 Å². The Balaban J connectivity index is 1.78. The number of H-pyrrole nitrogens is 1. The van der Waals surface area contributed by atoms with Crippen molar-refractivity contribution in [1.82, 2.24) is 14.9 Å².